The smallest absolute Gasteiger partial charge is 0.319 e. The summed E-state index contributed by atoms with van der Waals surface area (Å²) in [5, 5.41) is 23.9. The molecular weight excluding hydrogens is 436 g/mol. The van der Waals surface area contributed by atoms with Crippen molar-refractivity contribution in [2.75, 3.05) is 5.32 Å². The van der Waals surface area contributed by atoms with E-state index in [1.165, 1.54) is 31.4 Å². The largest absolute Gasteiger partial charge is 0.505 e. The lowest BCUT2D eigenvalue weighted by Gasteiger charge is -2.20. The van der Waals surface area contributed by atoms with Gasteiger partial charge in [0.15, 0.2) is 5.69 Å². The first kappa shape index (κ1) is 23.5. The number of hydrogen-bond donors (Lipinski definition) is 4. The SMILES string of the molecule is Cc1ccc([C@H](CC(=O)O)NC(=O)Nc2c(O)ccn(C)c2=O)cc1-c1ccc(F)cc1F. The number of carboxylic acids is 1. The predicted molar refractivity (Wildman–Crippen MR) is 117 cm³/mol. The highest BCUT2D eigenvalue weighted by Crippen LogP contribution is 2.30. The predicted octanol–water partition coefficient (Wildman–Crippen LogP) is 3.68. The van der Waals surface area contributed by atoms with Crippen molar-refractivity contribution in [1.29, 1.82) is 0 Å². The van der Waals surface area contributed by atoms with E-state index in [4.69, 9.17) is 0 Å². The fourth-order valence-electron chi connectivity index (χ4n) is 3.33. The van der Waals surface area contributed by atoms with Gasteiger partial charge in [-0.15, -0.1) is 0 Å². The number of pyridine rings is 1. The fraction of sp³-hybridized carbons (Fsp3) is 0.174. The van der Waals surface area contributed by atoms with Crippen LogP contribution in [-0.4, -0.2) is 26.8 Å². The minimum absolute atomic E-state index is 0.118. The van der Waals surface area contributed by atoms with Crippen LogP contribution in [0.25, 0.3) is 11.1 Å². The Kier molecular flexibility index (Phi) is 6.76. The zero-order valence-corrected chi connectivity index (χ0v) is 17.7. The van der Waals surface area contributed by atoms with Gasteiger partial charge in [0.1, 0.15) is 17.4 Å². The molecule has 0 bridgehead atoms. The molecule has 8 nitrogen and oxygen atoms in total. The zero-order chi connectivity index (χ0) is 24.3. The number of aromatic nitrogens is 1. The van der Waals surface area contributed by atoms with Crippen molar-refractivity contribution in [3.63, 3.8) is 0 Å². The Morgan fingerprint density at radius 3 is 2.48 bits per heavy atom. The van der Waals surface area contributed by atoms with E-state index in [9.17, 15) is 33.4 Å². The molecule has 1 atom stereocenters. The molecule has 4 N–H and O–H groups in total. The van der Waals surface area contributed by atoms with Crippen LogP contribution >= 0.6 is 0 Å². The van der Waals surface area contributed by atoms with Gasteiger partial charge in [-0.25, -0.2) is 13.6 Å². The highest BCUT2D eigenvalue weighted by molar-refractivity contribution is 5.91. The number of urea groups is 1. The molecule has 0 fully saturated rings. The van der Waals surface area contributed by atoms with Gasteiger partial charge in [-0.3, -0.25) is 9.59 Å². The quantitative estimate of drug-likeness (QED) is 0.450. The molecule has 0 spiro atoms. The van der Waals surface area contributed by atoms with Crippen molar-refractivity contribution in [2.24, 2.45) is 7.05 Å². The summed E-state index contributed by atoms with van der Waals surface area (Å²) in [7, 11) is 1.43. The topological polar surface area (TPSA) is 121 Å². The zero-order valence-electron chi connectivity index (χ0n) is 17.7. The van der Waals surface area contributed by atoms with Crippen LogP contribution in [0.5, 0.6) is 5.75 Å². The average Bonchev–Trinajstić information content (AvgIpc) is 2.74. The lowest BCUT2D eigenvalue weighted by Crippen LogP contribution is -2.36. The van der Waals surface area contributed by atoms with Gasteiger partial charge >= 0.3 is 12.0 Å². The van der Waals surface area contributed by atoms with Crippen LogP contribution in [0.2, 0.25) is 0 Å². The number of benzene rings is 2. The Morgan fingerprint density at radius 2 is 1.82 bits per heavy atom. The summed E-state index contributed by atoms with van der Waals surface area (Å²) in [6.07, 6.45) is 0.803. The number of aromatic hydroxyl groups is 1. The molecule has 3 rings (SSSR count). The molecule has 0 aliphatic carbocycles. The van der Waals surface area contributed by atoms with E-state index < -0.39 is 47.4 Å². The van der Waals surface area contributed by atoms with Gasteiger partial charge in [0.25, 0.3) is 5.56 Å². The summed E-state index contributed by atoms with van der Waals surface area (Å²) < 4.78 is 28.8. The second-order valence-electron chi connectivity index (χ2n) is 7.44. The van der Waals surface area contributed by atoms with Crippen LogP contribution in [0.1, 0.15) is 23.6 Å². The van der Waals surface area contributed by atoms with Crippen molar-refractivity contribution in [1.82, 2.24) is 9.88 Å². The summed E-state index contributed by atoms with van der Waals surface area (Å²) in [6.45, 7) is 1.71. The standard InChI is InChI=1S/C23H21F2N3O5/c1-12-3-4-13(9-16(12)15-6-5-14(24)10-17(15)25)18(11-20(30)31)26-23(33)27-21-19(29)7-8-28(2)22(21)32/h3-10,18,29H,11H2,1-2H3,(H,30,31)(H2,26,27,33)/t18-/m0/s1. The molecule has 2 amide bonds. The first-order chi connectivity index (χ1) is 15.6. The molecule has 0 saturated carbocycles. The first-order valence-corrected chi connectivity index (χ1v) is 9.80. The Balaban J connectivity index is 1.94. The normalized spacial score (nSPS) is 11.6. The van der Waals surface area contributed by atoms with Crippen molar-refractivity contribution in [2.45, 2.75) is 19.4 Å². The van der Waals surface area contributed by atoms with Gasteiger partial charge in [-0.1, -0.05) is 12.1 Å². The van der Waals surface area contributed by atoms with Crippen LogP contribution in [0.4, 0.5) is 19.3 Å². The molecular formula is C23H21F2N3O5. The molecule has 1 aromatic heterocycles. The minimum Gasteiger partial charge on any atom is -0.505 e. The van der Waals surface area contributed by atoms with Crippen LogP contribution < -0.4 is 16.2 Å². The van der Waals surface area contributed by atoms with Gasteiger partial charge in [0, 0.05) is 24.9 Å². The van der Waals surface area contributed by atoms with Crippen molar-refractivity contribution >= 4 is 17.7 Å². The highest BCUT2D eigenvalue weighted by Gasteiger charge is 2.21. The number of amides is 2. The van der Waals surface area contributed by atoms with Crippen molar-refractivity contribution < 1.29 is 28.6 Å². The lowest BCUT2D eigenvalue weighted by molar-refractivity contribution is -0.137. The summed E-state index contributed by atoms with van der Waals surface area (Å²) in [6, 6.07) is 7.08. The number of aliphatic carboxylic acids is 1. The fourth-order valence-corrected chi connectivity index (χ4v) is 3.33. The maximum atomic E-state index is 14.4. The molecule has 0 saturated heterocycles. The molecule has 0 unspecified atom stereocenters. The number of halogens is 2. The van der Waals surface area contributed by atoms with E-state index in [1.54, 1.807) is 19.1 Å². The van der Waals surface area contributed by atoms with Crippen molar-refractivity contribution in [3.05, 3.63) is 81.8 Å². The lowest BCUT2D eigenvalue weighted by atomic mass is 9.94. The summed E-state index contributed by atoms with van der Waals surface area (Å²) in [5.74, 6) is -3.19. The van der Waals surface area contributed by atoms with E-state index in [-0.39, 0.29) is 11.3 Å². The van der Waals surface area contributed by atoms with Gasteiger partial charge in [0.2, 0.25) is 0 Å². The number of carbonyl (C=O) groups excluding carboxylic acids is 1. The van der Waals surface area contributed by atoms with E-state index in [0.717, 1.165) is 16.7 Å². The van der Waals surface area contributed by atoms with Gasteiger partial charge in [-0.2, -0.15) is 0 Å². The number of nitrogens with one attached hydrogen (secondary N) is 2. The Morgan fingerprint density at radius 1 is 1.09 bits per heavy atom. The maximum absolute atomic E-state index is 14.4. The molecule has 0 radical (unpaired) electrons. The molecule has 3 aromatic rings. The minimum atomic E-state index is -1.21. The second kappa shape index (κ2) is 9.51. The third kappa shape index (κ3) is 5.35. The number of rotatable bonds is 6. The van der Waals surface area contributed by atoms with Crippen LogP contribution in [-0.2, 0) is 11.8 Å². The van der Waals surface area contributed by atoms with Crippen LogP contribution in [0.3, 0.4) is 0 Å². The Bertz CT molecular complexity index is 1290. The molecule has 1 heterocycles. The van der Waals surface area contributed by atoms with Crippen LogP contribution in [0, 0.1) is 18.6 Å². The first-order valence-electron chi connectivity index (χ1n) is 9.80. The van der Waals surface area contributed by atoms with Crippen LogP contribution in [0.15, 0.2) is 53.5 Å². The highest BCUT2D eigenvalue weighted by atomic mass is 19.1. The van der Waals surface area contributed by atoms with E-state index in [1.807, 2.05) is 0 Å². The summed E-state index contributed by atoms with van der Waals surface area (Å²) in [5.41, 5.74) is 0.487. The number of hydrogen-bond acceptors (Lipinski definition) is 4. The van der Waals surface area contributed by atoms with Gasteiger partial charge < -0.3 is 25.4 Å². The van der Waals surface area contributed by atoms with Gasteiger partial charge in [-0.05, 0) is 47.9 Å². The third-order valence-electron chi connectivity index (χ3n) is 5.05. The van der Waals surface area contributed by atoms with Crippen molar-refractivity contribution in [3.8, 4) is 16.9 Å². The third-order valence-corrected chi connectivity index (χ3v) is 5.05. The number of carboxylic acid groups (broad SMARTS) is 1. The molecule has 10 heteroatoms. The molecule has 33 heavy (non-hydrogen) atoms. The second-order valence-corrected chi connectivity index (χ2v) is 7.44. The summed E-state index contributed by atoms with van der Waals surface area (Å²) in [4.78, 5) is 36.1. The number of anilines is 1. The van der Waals surface area contributed by atoms with Gasteiger partial charge in [0.05, 0.1) is 12.5 Å². The van der Waals surface area contributed by atoms with E-state index in [0.29, 0.717) is 16.7 Å². The monoisotopic (exact) mass is 457 g/mol. The molecule has 0 aliphatic heterocycles. The number of nitrogens with zero attached hydrogens (tertiary/aromatic N) is 1. The van der Waals surface area contributed by atoms with E-state index >= 15 is 0 Å². The average molecular weight is 457 g/mol. The summed E-state index contributed by atoms with van der Waals surface area (Å²) >= 11 is 0. The number of carbonyl (C=O) groups is 2. The Labute approximate surface area is 187 Å². The number of aryl methyl sites for hydroxylation is 2. The van der Waals surface area contributed by atoms with E-state index in [2.05, 4.69) is 10.6 Å². The maximum Gasteiger partial charge on any atom is 0.319 e. The Hall–Kier alpha value is -4.21. The molecule has 2 aromatic carbocycles. The molecule has 0 aliphatic rings. The molecule has 172 valence electrons.